The fourth-order valence-corrected chi connectivity index (χ4v) is 2.79. The van der Waals surface area contributed by atoms with Crippen molar-refractivity contribution in [3.63, 3.8) is 0 Å². The molecular formula is C20H23N3O2. The van der Waals surface area contributed by atoms with Gasteiger partial charge in [0, 0.05) is 0 Å². The van der Waals surface area contributed by atoms with E-state index >= 15 is 0 Å². The summed E-state index contributed by atoms with van der Waals surface area (Å²) in [6, 6.07) is 9.13. The summed E-state index contributed by atoms with van der Waals surface area (Å²) in [5.41, 5.74) is 2.99. The molecule has 1 aromatic carbocycles. The number of carbonyl (C=O) groups is 1. The second-order valence-corrected chi connectivity index (χ2v) is 5.81. The van der Waals surface area contributed by atoms with E-state index in [1.165, 1.54) is 0 Å². The third kappa shape index (κ3) is 4.36. The van der Waals surface area contributed by atoms with Crippen LogP contribution in [0.2, 0.25) is 0 Å². The van der Waals surface area contributed by atoms with Gasteiger partial charge < -0.3 is 5.11 Å². The average molecular weight is 337 g/mol. The molecule has 5 nitrogen and oxygen atoms in total. The maximum atomic E-state index is 11.8. The van der Waals surface area contributed by atoms with Gasteiger partial charge in [0.15, 0.2) is 0 Å². The molecule has 0 bridgehead atoms. The summed E-state index contributed by atoms with van der Waals surface area (Å²) in [6.07, 6.45) is 7.93. The van der Waals surface area contributed by atoms with Crippen LogP contribution < -0.4 is 0 Å². The van der Waals surface area contributed by atoms with Gasteiger partial charge in [-0.05, 0) is 49.9 Å². The van der Waals surface area contributed by atoms with E-state index in [1.54, 1.807) is 28.9 Å². The first-order chi connectivity index (χ1) is 12.1. The summed E-state index contributed by atoms with van der Waals surface area (Å²) in [7, 11) is 0. The van der Waals surface area contributed by atoms with E-state index < -0.39 is 5.97 Å². The van der Waals surface area contributed by atoms with Crippen LogP contribution in [0.1, 0.15) is 60.4 Å². The molecule has 0 aliphatic heterocycles. The molecule has 0 aliphatic carbocycles. The second kappa shape index (κ2) is 8.84. The molecule has 0 fully saturated rings. The molecule has 1 aromatic heterocycles. The summed E-state index contributed by atoms with van der Waals surface area (Å²) in [5, 5.41) is 23.2. The number of aromatic carboxylic acids is 1. The fraction of sp³-hybridized carbons (Fsp3) is 0.350. The molecule has 130 valence electrons. The number of nitrogens with zero attached hydrogens (tertiary/aromatic N) is 3. The van der Waals surface area contributed by atoms with Crippen molar-refractivity contribution in [2.45, 2.75) is 46.0 Å². The molecule has 25 heavy (non-hydrogen) atoms. The molecule has 1 N–H and O–H groups in total. The number of hydrogen-bond donors (Lipinski definition) is 1. The van der Waals surface area contributed by atoms with Crippen molar-refractivity contribution >= 4 is 5.97 Å². The number of benzene rings is 1. The van der Waals surface area contributed by atoms with Crippen LogP contribution in [0.4, 0.5) is 0 Å². The predicted molar refractivity (Wildman–Crippen MR) is 97.0 cm³/mol. The van der Waals surface area contributed by atoms with Gasteiger partial charge >= 0.3 is 5.97 Å². The van der Waals surface area contributed by atoms with Crippen LogP contribution in [0, 0.1) is 11.3 Å². The topological polar surface area (TPSA) is 78.9 Å². The molecule has 0 saturated heterocycles. The van der Waals surface area contributed by atoms with Crippen molar-refractivity contribution in [1.82, 2.24) is 9.78 Å². The highest BCUT2D eigenvalue weighted by atomic mass is 16.4. The lowest BCUT2D eigenvalue weighted by atomic mass is 10.1. The highest BCUT2D eigenvalue weighted by Crippen LogP contribution is 2.22. The van der Waals surface area contributed by atoms with E-state index in [9.17, 15) is 9.90 Å². The molecule has 0 aliphatic rings. The Morgan fingerprint density at radius 3 is 2.52 bits per heavy atom. The standard InChI is InChI=1S/C20H23N3O2/c1-3-5-6-7-9-17-19(20(24)25)18(8-4-2)23(22-17)16-12-10-15(14-21)11-13-16/h5-6,10-13H,3-4,7-9H2,1-2H3,(H,24,25). The van der Waals surface area contributed by atoms with Crippen LogP contribution in [0.5, 0.6) is 0 Å². The third-order valence-corrected chi connectivity index (χ3v) is 3.95. The molecule has 1 heterocycles. The number of carboxylic acids is 1. The van der Waals surface area contributed by atoms with Gasteiger partial charge in [-0.15, -0.1) is 0 Å². The normalized spacial score (nSPS) is 10.9. The lowest BCUT2D eigenvalue weighted by molar-refractivity contribution is 0.0694. The van der Waals surface area contributed by atoms with E-state index in [-0.39, 0.29) is 0 Å². The zero-order chi connectivity index (χ0) is 18.2. The van der Waals surface area contributed by atoms with Gasteiger partial charge in [-0.25, -0.2) is 9.48 Å². The van der Waals surface area contributed by atoms with Crippen molar-refractivity contribution in [3.8, 4) is 11.8 Å². The van der Waals surface area contributed by atoms with Crippen LogP contribution >= 0.6 is 0 Å². The van der Waals surface area contributed by atoms with Gasteiger partial charge in [-0.1, -0.05) is 32.4 Å². The van der Waals surface area contributed by atoms with Gasteiger partial charge in [0.25, 0.3) is 0 Å². The van der Waals surface area contributed by atoms with Crippen molar-refractivity contribution in [1.29, 1.82) is 5.26 Å². The molecule has 0 atom stereocenters. The van der Waals surface area contributed by atoms with Crippen molar-refractivity contribution < 1.29 is 9.90 Å². The number of aryl methyl sites for hydroxylation is 1. The van der Waals surface area contributed by atoms with E-state index in [1.807, 2.05) is 6.92 Å². The molecular weight excluding hydrogens is 314 g/mol. The Morgan fingerprint density at radius 1 is 1.24 bits per heavy atom. The van der Waals surface area contributed by atoms with E-state index in [4.69, 9.17) is 5.26 Å². The summed E-state index contributed by atoms with van der Waals surface area (Å²) >= 11 is 0. The number of rotatable bonds is 8. The Morgan fingerprint density at radius 2 is 1.96 bits per heavy atom. The van der Waals surface area contributed by atoms with Gasteiger partial charge in [-0.3, -0.25) is 0 Å². The van der Waals surface area contributed by atoms with Gasteiger partial charge in [0.05, 0.1) is 28.7 Å². The molecule has 0 amide bonds. The maximum absolute atomic E-state index is 11.8. The number of carboxylic acid groups (broad SMARTS) is 1. The Kier molecular flexibility index (Phi) is 6.53. The van der Waals surface area contributed by atoms with Gasteiger partial charge in [-0.2, -0.15) is 10.4 Å². The van der Waals surface area contributed by atoms with E-state index in [2.05, 4.69) is 30.2 Å². The quantitative estimate of drug-likeness (QED) is 0.729. The highest BCUT2D eigenvalue weighted by molar-refractivity contribution is 5.90. The molecule has 2 rings (SSSR count). The molecule has 2 aromatic rings. The SMILES string of the molecule is CCC=CCCc1nn(-c2ccc(C#N)cc2)c(CCC)c1C(=O)O. The lowest BCUT2D eigenvalue weighted by Gasteiger charge is -2.07. The monoisotopic (exact) mass is 337 g/mol. The summed E-state index contributed by atoms with van der Waals surface area (Å²) in [4.78, 5) is 11.8. The second-order valence-electron chi connectivity index (χ2n) is 5.81. The van der Waals surface area contributed by atoms with E-state index in [0.717, 1.165) is 24.9 Å². The van der Waals surface area contributed by atoms with Crippen molar-refractivity contribution in [2.24, 2.45) is 0 Å². The minimum atomic E-state index is -0.933. The zero-order valence-electron chi connectivity index (χ0n) is 14.7. The molecule has 0 spiro atoms. The molecule has 0 radical (unpaired) electrons. The first kappa shape index (κ1) is 18.5. The zero-order valence-corrected chi connectivity index (χ0v) is 14.7. The Bertz CT molecular complexity index is 796. The number of nitriles is 1. The fourth-order valence-electron chi connectivity index (χ4n) is 2.79. The van der Waals surface area contributed by atoms with Gasteiger partial charge in [0.1, 0.15) is 5.56 Å². The molecule has 5 heteroatoms. The van der Waals surface area contributed by atoms with Crippen LogP contribution in [0.3, 0.4) is 0 Å². The van der Waals surface area contributed by atoms with Crippen molar-refractivity contribution in [3.05, 3.63) is 58.9 Å². The first-order valence-electron chi connectivity index (χ1n) is 8.61. The average Bonchev–Trinajstić information content (AvgIpc) is 2.98. The minimum absolute atomic E-state index is 0.316. The smallest absolute Gasteiger partial charge is 0.339 e. The van der Waals surface area contributed by atoms with Gasteiger partial charge in [0.2, 0.25) is 0 Å². The van der Waals surface area contributed by atoms with Crippen LogP contribution in [-0.4, -0.2) is 20.9 Å². The number of aromatic nitrogens is 2. The van der Waals surface area contributed by atoms with Crippen LogP contribution in [0.25, 0.3) is 5.69 Å². The van der Waals surface area contributed by atoms with Crippen LogP contribution in [-0.2, 0) is 12.8 Å². The third-order valence-electron chi connectivity index (χ3n) is 3.95. The molecule has 0 unspecified atom stereocenters. The Hall–Kier alpha value is -2.87. The number of allylic oxidation sites excluding steroid dienone is 2. The summed E-state index contributed by atoms with van der Waals surface area (Å²) in [5.74, 6) is -0.933. The first-order valence-corrected chi connectivity index (χ1v) is 8.61. The Balaban J connectivity index is 2.48. The van der Waals surface area contributed by atoms with E-state index in [0.29, 0.717) is 35.4 Å². The van der Waals surface area contributed by atoms with Crippen molar-refractivity contribution in [2.75, 3.05) is 0 Å². The predicted octanol–water partition coefficient (Wildman–Crippen LogP) is 4.29. The minimum Gasteiger partial charge on any atom is -0.478 e. The Labute approximate surface area is 148 Å². The highest BCUT2D eigenvalue weighted by Gasteiger charge is 2.23. The maximum Gasteiger partial charge on any atom is 0.339 e. The summed E-state index contributed by atoms with van der Waals surface area (Å²) in [6.45, 7) is 4.09. The molecule has 0 saturated carbocycles. The lowest BCUT2D eigenvalue weighted by Crippen LogP contribution is -2.07. The largest absolute Gasteiger partial charge is 0.478 e. The van der Waals surface area contributed by atoms with Crippen LogP contribution in [0.15, 0.2) is 36.4 Å². The summed E-state index contributed by atoms with van der Waals surface area (Å²) < 4.78 is 1.72. The number of hydrogen-bond acceptors (Lipinski definition) is 3.